The number of cyclic esters (lactones) is 1. The van der Waals surface area contributed by atoms with E-state index in [-0.39, 0.29) is 17.3 Å². The van der Waals surface area contributed by atoms with Crippen LogP contribution in [0.25, 0.3) is 6.08 Å². The number of benzene rings is 2. The fourth-order valence-electron chi connectivity index (χ4n) is 2.18. The molecule has 7 nitrogen and oxygen atoms in total. The lowest BCUT2D eigenvalue weighted by molar-refractivity contribution is -0.384. The van der Waals surface area contributed by atoms with Crippen LogP contribution in [0.1, 0.15) is 11.1 Å². The number of halogens is 1. The summed E-state index contributed by atoms with van der Waals surface area (Å²) in [5.41, 5.74) is 1.32. The van der Waals surface area contributed by atoms with Crippen LogP contribution in [-0.2, 0) is 9.53 Å². The third kappa shape index (κ3) is 3.58. The maximum Gasteiger partial charge on any atom is 0.363 e. The molecule has 25 heavy (non-hydrogen) atoms. The van der Waals surface area contributed by atoms with Gasteiger partial charge in [0.05, 0.1) is 16.5 Å². The van der Waals surface area contributed by atoms with Gasteiger partial charge in [-0.3, -0.25) is 10.1 Å². The number of methoxy groups -OCH3 is 1. The molecular formula is C17H11BrN2O5. The van der Waals surface area contributed by atoms with Gasteiger partial charge in [0.25, 0.3) is 5.69 Å². The van der Waals surface area contributed by atoms with Crippen LogP contribution in [-0.4, -0.2) is 23.9 Å². The number of nitro benzene ring substituents is 1. The Morgan fingerprint density at radius 3 is 2.56 bits per heavy atom. The van der Waals surface area contributed by atoms with Crippen molar-refractivity contribution in [1.29, 1.82) is 0 Å². The predicted octanol–water partition coefficient (Wildman–Crippen LogP) is 3.71. The lowest BCUT2D eigenvalue weighted by Gasteiger charge is -2.05. The smallest absolute Gasteiger partial charge is 0.363 e. The normalized spacial score (nSPS) is 15.0. The van der Waals surface area contributed by atoms with Crippen LogP contribution in [0.5, 0.6) is 5.75 Å². The number of carbonyl (C=O) groups is 1. The average molecular weight is 403 g/mol. The first-order chi connectivity index (χ1) is 12.0. The highest BCUT2D eigenvalue weighted by Crippen LogP contribution is 2.28. The van der Waals surface area contributed by atoms with Crippen molar-refractivity contribution in [3.05, 3.63) is 73.9 Å². The standard InChI is InChI=1S/C17H11BrN2O5/c1-24-15-7-4-11(9-13(15)18)16-19-14(17(21)25-16)8-10-2-5-12(6-3-10)20(22)23/h2-9H,1H3/b14-8-. The van der Waals surface area contributed by atoms with E-state index in [9.17, 15) is 14.9 Å². The fraction of sp³-hybridized carbons (Fsp3) is 0.0588. The van der Waals surface area contributed by atoms with Crippen LogP contribution in [0, 0.1) is 10.1 Å². The molecule has 1 aliphatic heterocycles. The zero-order valence-corrected chi connectivity index (χ0v) is 14.5. The van der Waals surface area contributed by atoms with Crippen molar-refractivity contribution in [3.63, 3.8) is 0 Å². The van der Waals surface area contributed by atoms with Gasteiger partial charge in [0.2, 0.25) is 5.90 Å². The van der Waals surface area contributed by atoms with Gasteiger partial charge < -0.3 is 9.47 Å². The fourth-order valence-corrected chi connectivity index (χ4v) is 2.72. The number of carbonyl (C=O) groups excluding carboxylic acids is 1. The van der Waals surface area contributed by atoms with Crippen molar-refractivity contribution in [1.82, 2.24) is 0 Å². The first kappa shape index (κ1) is 16.8. The lowest BCUT2D eigenvalue weighted by atomic mass is 10.2. The van der Waals surface area contributed by atoms with E-state index in [4.69, 9.17) is 9.47 Å². The minimum atomic E-state index is -0.583. The maximum absolute atomic E-state index is 12.0. The first-order valence-corrected chi connectivity index (χ1v) is 7.88. The number of ether oxygens (including phenoxy) is 2. The van der Waals surface area contributed by atoms with E-state index in [2.05, 4.69) is 20.9 Å². The number of hydrogen-bond acceptors (Lipinski definition) is 6. The first-order valence-electron chi connectivity index (χ1n) is 7.09. The van der Waals surface area contributed by atoms with E-state index in [1.807, 2.05) is 0 Å². The molecule has 0 amide bonds. The van der Waals surface area contributed by atoms with Gasteiger partial charge >= 0.3 is 5.97 Å². The Hall–Kier alpha value is -3.00. The van der Waals surface area contributed by atoms with Crippen molar-refractivity contribution >= 4 is 39.6 Å². The highest BCUT2D eigenvalue weighted by molar-refractivity contribution is 9.10. The second-order valence-corrected chi connectivity index (χ2v) is 5.89. The molecule has 0 fully saturated rings. The van der Waals surface area contributed by atoms with Gasteiger partial charge in [-0.2, -0.15) is 0 Å². The molecule has 0 bridgehead atoms. The summed E-state index contributed by atoms with van der Waals surface area (Å²) in [4.78, 5) is 26.4. The second-order valence-electron chi connectivity index (χ2n) is 5.03. The van der Waals surface area contributed by atoms with Crippen molar-refractivity contribution in [3.8, 4) is 5.75 Å². The number of nitro groups is 1. The number of esters is 1. The molecule has 2 aromatic rings. The summed E-state index contributed by atoms with van der Waals surface area (Å²) in [7, 11) is 1.55. The van der Waals surface area contributed by atoms with Crippen molar-refractivity contribution < 1.29 is 19.2 Å². The number of hydrogen-bond donors (Lipinski definition) is 0. The molecule has 126 valence electrons. The average Bonchev–Trinajstić information content (AvgIpc) is 2.96. The van der Waals surface area contributed by atoms with Gasteiger partial charge in [-0.25, -0.2) is 9.79 Å². The van der Waals surface area contributed by atoms with E-state index in [0.29, 0.717) is 21.3 Å². The summed E-state index contributed by atoms with van der Waals surface area (Å²) in [5, 5.41) is 10.7. The number of nitrogens with zero attached hydrogens (tertiary/aromatic N) is 2. The molecule has 3 rings (SSSR count). The monoisotopic (exact) mass is 402 g/mol. The summed E-state index contributed by atoms with van der Waals surface area (Å²) in [6, 6.07) is 11.0. The lowest BCUT2D eigenvalue weighted by Crippen LogP contribution is -2.05. The molecule has 0 aliphatic carbocycles. The second kappa shape index (κ2) is 6.86. The Morgan fingerprint density at radius 2 is 1.96 bits per heavy atom. The molecule has 8 heteroatoms. The molecule has 0 saturated heterocycles. The molecule has 0 aromatic heterocycles. The minimum absolute atomic E-state index is 0.0246. The van der Waals surface area contributed by atoms with Crippen LogP contribution in [0.4, 0.5) is 5.69 Å². The van der Waals surface area contributed by atoms with E-state index in [1.54, 1.807) is 25.3 Å². The SMILES string of the molecule is COc1ccc(C2=N/C(=C\c3ccc([N+](=O)[O-])cc3)C(=O)O2)cc1Br. The molecule has 2 aromatic carbocycles. The number of aliphatic imine (C=N–C) groups is 1. The highest BCUT2D eigenvalue weighted by Gasteiger charge is 2.24. The summed E-state index contributed by atoms with van der Waals surface area (Å²) in [6.07, 6.45) is 1.51. The van der Waals surface area contributed by atoms with Gasteiger partial charge in [0.15, 0.2) is 5.70 Å². The van der Waals surface area contributed by atoms with Crippen LogP contribution in [0.2, 0.25) is 0 Å². The van der Waals surface area contributed by atoms with Crippen LogP contribution in [0.15, 0.2) is 57.6 Å². The van der Waals surface area contributed by atoms with Crippen molar-refractivity contribution in [2.45, 2.75) is 0 Å². The molecule has 0 unspecified atom stereocenters. The van der Waals surface area contributed by atoms with E-state index < -0.39 is 10.9 Å². The van der Waals surface area contributed by atoms with Gasteiger partial charge in [-0.15, -0.1) is 0 Å². The largest absolute Gasteiger partial charge is 0.496 e. The molecule has 0 atom stereocenters. The Bertz CT molecular complexity index is 919. The third-order valence-corrected chi connectivity index (χ3v) is 4.05. The molecular weight excluding hydrogens is 392 g/mol. The zero-order valence-electron chi connectivity index (χ0n) is 12.9. The van der Waals surface area contributed by atoms with Gasteiger partial charge in [0, 0.05) is 17.7 Å². The molecule has 0 spiro atoms. The van der Waals surface area contributed by atoms with E-state index >= 15 is 0 Å². The van der Waals surface area contributed by atoms with Crippen molar-refractivity contribution in [2.75, 3.05) is 7.11 Å². The van der Waals surface area contributed by atoms with Crippen LogP contribution >= 0.6 is 15.9 Å². The van der Waals surface area contributed by atoms with Crippen molar-refractivity contribution in [2.24, 2.45) is 4.99 Å². The predicted molar refractivity (Wildman–Crippen MR) is 94.4 cm³/mol. The topological polar surface area (TPSA) is 91.0 Å². The maximum atomic E-state index is 12.0. The Kier molecular flexibility index (Phi) is 4.62. The Labute approximate surface area is 150 Å². The minimum Gasteiger partial charge on any atom is -0.496 e. The van der Waals surface area contributed by atoms with Crippen LogP contribution < -0.4 is 4.74 Å². The van der Waals surface area contributed by atoms with Crippen LogP contribution in [0.3, 0.4) is 0 Å². The van der Waals surface area contributed by atoms with Gasteiger partial charge in [-0.05, 0) is 57.9 Å². The summed E-state index contributed by atoms with van der Waals surface area (Å²) >= 11 is 3.37. The van der Waals surface area contributed by atoms with Gasteiger partial charge in [-0.1, -0.05) is 0 Å². The summed E-state index contributed by atoms with van der Waals surface area (Å²) in [5.74, 6) is 0.247. The molecule has 0 N–H and O–H groups in total. The molecule has 0 saturated carbocycles. The zero-order chi connectivity index (χ0) is 18.0. The Balaban J connectivity index is 1.89. The number of rotatable bonds is 4. The quantitative estimate of drug-likeness (QED) is 0.336. The molecule has 0 radical (unpaired) electrons. The third-order valence-electron chi connectivity index (χ3n) is 3.43. The summed E-state index contributed by atoms with van der Waals surface area (Å²) < 4.78 is 11.1. The summed E-state index contributed by atoms with van der Waals surface area (Å²) in [6.45, 7) is 0. The highest BCUT2D eigenvalue weighted by atomic mass is 79.9. The van der Waals surface area contributed by atoms with E-state index in [0.717, 1.165) is 0 Å². The number of non-ortho nitro benzene ring substituents is 1. The van der Waals surface area contributed by atoms with Gasteiger partial charge in [0.1, 0.15) is 5.75 Å². The molecule has 1 aliphatic rings. The van der Waals surface area contributed by atoms with E-state index in [1.165, 1.54) is 30.3 Å². The Morgan fingerprint density at radius 1 is 1.24 bits per heavy atom. The molecule has 1 heterocycles.